The molecule has 1 amide bonds. The Morgan fingerprint density at radius 1 is 1.13 bits per heavy atom. The molecule has 0 bridgehead atoms. The molecule has 1 atom stereocenters. The molecule has 0 radical (unpaired) electrons. The Bertz CT molecular complexity index is 1490. The minimum absolute atomic E-state index is 0.250. The lowest BCUT2D eigenvalue weighted by Gasteiger charge is -2.18. The van der Waals surface area contributed by atoms with E-state index in [2.05, 4.69) is 50.4 Å². The van der Waals surface area contributed by atoms with Gasteiger partial charge < -0.3 is 10.1 Å². The third-order valence-electron chi connectivity index (χ3n) is 7.21. The van der Waals surface area contributed by atoms with Gasteiger partial charge in [-0.05, 0) is 60.8 Å². The first-order valence-electron chi connectivity index (χ1n) is 13.5. The van der Waals surface area contributed by atoms with Crippen molar-refractivity contribution in [1.29, 1.82) is 0 Å². The number of pyridine rings is 1. The highest BCUT2D eigenvalue weighted by Gasteiger charge is 2.29. The van der Waals surface area contributed by atoms with Crippen molar-refractivity contribution in [3.8, 4) is 11.3 Å². The van der Waals surface area contributed by atoms with E-state index in [9.17, 15) is 9.59 Å². The Morgan fingerprint density at radius 3 is 2.63 bits per heavy atom. The van der Waals surface area contributed by atoms with Crippen LogP contribution in [0.15, 0.2) is 54.6 Å². The molecule has 1 aliphatic carbocycles. The van der Waals surface area contributed by atoms with Gasteiger partial charge in [-0.2, -0.15) is 0 Å². The van der Waals surface area contributed by atoms with E-state index in [0.29, 0.717) is 34.6 Å². The Labute approximate surface area is 228 Å². The van der Waals surface area contributed by atoms with E-state index >= 15 is 0 Å². The van der Waals surface area contributed by atoms with E-state index in [1.807, 2.05) is 37.3 Å². The first-order valence-corrected chi connectivity index (χ1v) is 14.3. The summed E-state index contributed by atoms with van der Waals surface area (Å²) >= 11 is 1.51. The Kier molecular flexibility index (Phi) is 7.61. The Hall–Kier alpha value is -3.51. The van der Waals surface area contributed by atoms with Crippen molar-refractivity contribution in [3.05, 3.63) is 81.7 Å². The van der Waals surface area contributed by atoms with Crippen LogP contribution in [-0.2, 0) is 17.6 Å². The van der Waals surface area contributed by atoms with Crippen LogP contribution < -0.4 is 5.32 Å². The summed E-state index contributed by atoms with van der Waals surface area (Å²) in [6.45, 7) is 8.90. The van der Waals surface area contributed by atoms with Crippen LogP contribution in [0.2, 0.25) is 0 Å². The van der Waals surface area contributed by atoms with Crippen molar-refractivity contribution in [2.75, 3.05) is 11.9 Å². The predicted octanol–water partition coefficient (Wildman–Crippen LogP) is 8.03. The first-order chi connectivity index (χ1) is 18.4. The molecule has 6 heteroatoms. The molecule has 0 saturated carbocycles. The number of aromatic nitrogens is 1. The van der Waals surface area contributed by atoms with Crippen molar-refractivity contribution in [2.45, 2.75) is 59.3 Å². The third kappa shape index (κ3) is 5.23. The topological polar surface area (TPSA) is 68.3 Å². The van der Waals surface area contributed by atoms with Gasteiger partial charge in [0.2, 0.25) is 0 Å². The number of benzene rings is 2. The van der Waals surface area contributed by atoms with Gasteiger partial charge in [0.25, 0.3) is 5.91 Å². The standard InChI is InChI=1S/C32H34N2O3S/c1-5-16-37-32(36)29-24-15-10-20(4)17-28(24)38-31(29)34-30(35)25-18-27(33-26-9-7-6-8-23(25)26)22-13-11-21(12-14-22)19(2)3/h6-9,11-14,18-20H,5,10,15-17H2,1-4H3,(H,34,35)/t20-/m1/s1. The number of anilines is 1. The van der Waals surface area contributed by atoms with Gasteiger partial charge in [0, 0.05) is 15.8 Å². The van der Waals surface area contributed by atoms with Crippen molar-refractivity contribution >= 4 is 39.1 Å². The van der Waals surface area contributed by atoms with Crippen LogP contribution in [0.4, 0.5) is 5.00 Å². The maximum absolute atomic E-state index is 13.8. The number of nitrogens with zero attached hydrogens (tertiary/aromatic N) is 1. The molecule has 4 aromatic rings. The van der Waals surface area contributed by atoms with E-state index in [4.69, 9.17) is 9.72 Å². The second kappa shape index (κ2) is 11.1. The van der Waals surface area contributed by atoms with Crippen LogP contribution in [-0.4, -0.2) is 23.5 Å². The number of thiophene rings is 1. The van der Waals surface area contributed by atoms with Crippen LogP contribution in [0.1, 0.15) is 83.2 Å². The number of esters is 1. The quantitative estimate of drug-likeness (QED) is 0.248. The van der Waals surface area contributed by atoms with Crippen molar-refractivity contribution in [2.24, 2.45) is 5.92 Å². The fraction of sp³-hybridized carbons (Fsp3) is 0.344. The number of carbonyl (C=O) groups excluding carboxylic acids is 2. The highest BCUT2D eigenvalue weighted by molar-refractivity contribution is 7.17. The maximum Gasteiger partial charge on any atom is 0.341 e. The van der Waals surface area contributed by atoms with Gasteiger partial charge >= 0.3 is 5.97 Å². The fourth-order valence-corrected chi connectivity index (χ4v) is 6.44. The van der Waals surface area contributed by atoms with Crippen molar-refractivity contribution < 1.29 is 14.3 Å². The molecule has 1 N–H and O–H groups in total. The van der Waals surface area contributed by atoms with Crippen LogP contribution in [0.25, 0.3) is 22.2 Å². The molecule has 38 heavy (non-hydrogen) atoms. The number of nitrogens with one attached hydrogen (secondary N) is 1. The second-order valence-corrected chi connectivity index (χ2v) is 11.6. The molecule has 2 aromatic heterocycles. The molecule has 5 nitrogen and oxygen atoms in total. The number of amides is 1. The van der Waals surface area contributed by atoms with Crippen LogP contribution >= 0.6 is 11.3 Å². The summed E-state index contributed by atoms with van der Waals surface area (Å²) in [7, 11) is 0. The SMILES string of the molecule is CCCOC(=O)c1c(NC(=O)c2cc(-c3ccc(C(C)C)cc3)nc3ccccc23)sc2c1CC[C@@H](C)C2. The smallest absolute Gasteiger partial charge is 0.341 e. The molecule has 0 saturated heterocycles. The van der Waals surface area contributed by atoms with E-state index in [0.717, 1.165) is 53.4 Å². The summed E-state index contributed by atoms with van der Waals surface area (Å²) in [6.07, 6.45) is 3.52. The predicted molar refractivity (Wildman–Crippen MR) is 155 cm³/mol. The molecule has 1 aliphatic rings. The Balaban J connectivity index is 1.54. The van der Waals surface area contributed by atoms with E-state index < -0.39 is 0 Å². The molecule has 0 aliphatic heterocycles. The summed E-state index contributed by atoms with van der Waals surface area (Å²) < 4.78 is 5.54. The minimum Gasteiger partial charge on any atom is -0.462 e. The fourth-order valence-electron chi connectivity index (χ4n) is 5.04. The summed E-state index contributed by atoms with van der Waals surface area (Å²) in [5.41, 5.74) is 5.81. The monoisotopic (exact) mass is 526 g/mol. The number of ether oxygens (including phenoxy) is 1. The van der Waals surface area contributed by atoms with Gasteiger partial charge in [-0.25, -0.2) is 9.78 Å². The average molecular weight is 527 g/mol. The molecule has 0 spiro atoms. The van der Waals surface area contributed by atoms with Gasteiger partial charge in [-0.1, -0.05) is 70.2 Å². The molecule has 5 rings (SSSR count). The number of fused-ring (bicyclic) bond motifs is 2. The maximum atomic E-state index is 13.8. The number of hydrogen-bond donors (Lipinski definition) is 1. The number of carbonyl (C=O) groups is 2. The van der Waals surface area contributed by atoms with Gasteiger partial charge in [0.05, 0.1) is 28.9 Å². The van der Waals surface area contributed by atoms with Crippen LogP contribution in [0.5, 0.6) is 0 Å². The second-order valence-electron chi connectivity index (χ2n) is 10.5. The average Bonchev–Trinajstić information content (AvgIpc) is 3.27. The lowest BCUT2D eigenvalue weighted by molar-refractivity contribution is 0.0505. The van der Waals surface area contributed by atoms with Crippen LogP contribution in [0, 0.1) is 5.92 Å². The summed E-state index contributed by atoms with van der Waals surface area (Å²) in [4.78, 5) is 33.0. The van der Waals surface area contributed by atoms with Gasteiger partial charge in [-0.3, -0.25) is 4.79 Å². The van der Waals surface area contributed by atoms with Gasteiger partial charge in [0.1, 0.15) is 5.00 Å². The highest BCUT2D eigenvalue weighted by Crippen LogP contribution is 2.40. The minimum atomic E-state index is -0.347. The normalized spacial score (nSPS) is 14.9. The first kappa shape index (κ1) is 26.1. The van der Waals surface area contributed by atoms with E-state index in [1.54, 1.807) is 0 Å². The zero-order chi connectivity index (χ0) is 26.8. The zero-order valence-corrected chi connectivity index (χ0v) is 23.3. The summed E-state index contributed by atoms with van der Waals surface area (Å²) in [5, 5.41) is 4.46. The van der Waals surface area contributed by atoms with Gasteiger partial charge in [-0.15, -0.1) is 11.3 Å². The van der Waals surface area contributed by atoms with Crippen molar-refractivity contribution in [3.63, 3.8) is 0 Å². The molecule has 0 unspecified atom stereocenters. The third-order valence-corrected chi connectivity index (χ3v) is 8.38. The lowest BCUT2D eigenvalue weighted by atomic mass is 9.88. The van der Waals surface area contributed by atoms with E-state index in [1.165, 1.54) is 21.8 Å². The molecular formula is C32H34N2O3S. The zero-order valence-electron chi connectivity index (χ0n) is 22.5. The van der Waals surface area contributed by atoms with Crippen molar-refractivity contribution in [1.82, 2.24) is 4.98 Å². The lowest BCUT2D eigenvalue weighted by Crippen LogP contribution is -2.17. The molecule has 2 aromatic carbocycles. The highest BCUT2D eigenvalue weighted by atomic mass is 32.1. The molecule has 2 heterocycles. The van der Waals surface area contributed by atoms with Crippen LogP contribution in [0.3, 0.4) is 0 Å². The number of hydrogen-bond acceptors (Lipinski definition) is 5. The largest absolute Gasteiger partial charge is 0.462 e. The van der Waals surface area contributed by atoms with Gasteiger partial charge in [0.15, 0.2) is 0 Å². The Morgan fingerprint density at radius 2 is 1.89 bits per heavy atom. The van der Waals surface area contributed by atoms with E-state index in [-0.39, 0.29) is 11.9 Å². The summed E-state index contributed by atoms with van der Waals surface area (Å²) in [6, 6.07) is 17.9. The molecular weight excluding hydrogens is 492 g/mol. The molecule has 196 valence electrons. The number of para-hydroxylation sites is 1. The number of rotatable bonds is 7. The molecule has 0 fully saturated rings. The summed E-state index contributed by atoms with van der Waals surface area (Å²) in [5.74, 6) is 0.394.